The Bertz CT molecular complexity index is 665. The fraction of sp³-hybridized carbons (Fsp3) is 0.421. The van der Waals surface area contributed by atoms with Crippen LogP contribution in [0.5, 0.6) is 5.75 Å². The standard InChI is InChI=1S/C19H24N2O/c1-13-5-6-16-17(21-12-15-7-9-20-10-8-15)11-19(3,4)22-18(16)14(13)2/h5-10,17,21H,11-12H2,1-4H3. The number of nitrogens with zero attached hydrogens (tertiary/aromatic N) is 1. The zero-order valence-electron chi connectivity index (χ0n) is 13.8. The van der Waals surface area contributed by atoms with Crippen molar-refractivity contribution >= 4 is 0 Å². The molecule has 1 atom stereocenters. The summed E-state index contributed by atoms with van der Waals surface area (Å²) in [5.74, 6) is 1.06. The Morgan fingerprint density at radius 1 is 1.18 bits per heavy atom. The first-order valence-corrected chi connectivity index (χ1v) is 7.88. The molecule has 1 unspecified atom stereocenters. The highest BCUT2D eigenvalue weighted by molar-refractivity contribution is 5.48. The third-order valence-corrected chi connectivity index (χ3v) is 4.46. The van der Waals surface area contributed by atoms with E-state index in [1.54, 1.807) is 0 Å². The number of pyridine rings is 1. The van der Waals surface area contributed by atoms with Crippen LogP contribution in [0.4, 0.5) is 0 Å². The molecule has 0 saturated heterocycles. The third kappa shape index (κ3) is 3.00. The summed E-state index contributed by atoms with van der Waals surface area (Å²) in [5, 5.41) is 3.69. The second-order valence-electron chi connectivity index (χ2n) is 6.78. The van der Waals surface area contributed by atoms with Crippen molar-refractivity contribution in [2.45, 2.75) is 52.3 Å². The summed E-state index contributed by atoms with van der Waals surface area (Å²) < 4.78 is 6.26. The normalized spacial score (nSPS) is 19.4. The van der Waals surface area contributed by atoms with Gasteiger partial charge in [-0.3, -0.25) is 4.98 Å². The molecular formula is C19H24N2O. The maximum Gasteiger partial charge on any atom is 0.128 e. The van der Waals surface area contributed by atoms with Gasteiger partial charge in [0.1, 0.15) is 11.4 Å². The first-order chi connectivity index (χ1) is 10.5. The van der Waals surface area contributed by atoms with Crippen LogP contribution >= 0.6 is 0 Å². The zero-order valence-corrected chi connectivity index (χ0v) is 13.8. The predicted octanol–water partition coefficient (Wildman–Crippen LogP) is 4.09. The van der Waals surface area contributed by atoms with Gasteiger partial charge in [0.25, 0.3) is 0 Å². The monoisotopic (exact) mass is 296 g/mol. The van der Waals surface area contributed by atoms with Crippen LogP contribution in [-0.4, -0.2) is 10.6 Å². The van der Waals surface area contributed by atoms with Gasteiger partial charge in [0.2, 0.25) is 0 Å². The van der Waals surface area contributed by atoms with Gasteiger partial charge < -0.3 is 10.1 Å². The second kappa shape index (κ2) is 5.73. The van der Waals surface area contributed by atoms with Crippen LogP contribution in [0.3, 0.4) is 0 Å². The summed E-state index contributed by atoms with van der Waals surface area (Å²) in [5.41, 5.74) is 4.91. The Kier molecular flexibility index (Phi) is 3.92. The Morgan fingerprint density at radius 2 is 1.91 bits per heavy atom. The lowest BCUT2D eigenvalue weighted by molar-refractivity contribution is 0.0647. The summed E-state index contributed by atoms with van der Waals surface area (Å²) in [6.07, 6.45) is 4.65. The Balaban J connectivity index is 1.87. The smallest absolute Gasteiger partial charge is 0.128 e. The Labute approximate surface area is 132 Å². The van der Waals surface area contributed by atoms with E-state index in [1.807, 2.05) is 12.4 Å². The number of aryl methyl sites for hydroxylation is 1. The van der Waals surface area contributed by atoms with Crippen LogP contribution in [0, 0.1) is 13.8 Å². The van der Waals surface area contributed by atoms with Crippen molar-refractivity contribution in [3.8, 4) is 5.75 Å². The molecule has 2 heterocycles. The number of rotatable bonds is 3. The van der Waals surface area contributed by atoms with Gasteiger partial charge in [0.05, 0.1) is 0 Å². The van der Waals surface area contributed by atoms with Gasteiger partial charge in [-0.1, -0.05) is 12.1 Å². The van der Waals surface area contributed by atoms with Crippen LogP contribution in [0.15, 0.2) is 36.7 Å². The molecule has 1 aliphatic rings. The van der Waals surface area contributed by atoms with Gasteiger partial charge in [-0.25, -0.2) is 0 Å². The minimum absolute atomic E-state index is 0.151. The average Bonchev–Trinajstić information content (AvgIpc) is 2.49. The summed E-state index contributed by atoms with van der Waals surface area (Å²) in [6, 6.07) is 8.82. The molecule has 116 valence electrons. The summed E-state index contributed by atoms with van der Waals surface area (Å²) in [6.45, 7) is 9.46. The fourth-order valence-electron chi connectivity index (χ4n) is 3.06. The van der Waals surface area contributed by atoms with Crippen molar-refractivity contribution in [2.75, 3.05) is 0 Å². The highest BCUT2D eigenvalue weighted by Gasteiger charge is 2.34. The molecule has 0 fully saturated rings. The van der Waals surface area contributed by atoms with Crippen LogP contribution in [0.2, 0.25) is 0 Å². The average molecular weight is 296 g/mol. The molecule has 1 aromatic carbocycles. The van der Waals surface area contributed by atoms with E-state index in [2.05, 4.69) is 62.3 Å². The number of fused-ring (bicyclic) bond motifs is 1. The Morgan fingerprint density at radius 3 is 2.64 bits per heavy atom. The van der Waals surface area contributed by atoms with Crippen molar-refractivity contribution in [3.63, 3.8) is 0 Å². The van der Waals surface area contributed by atoms with Crippen molar-refractivity contribution in [1.82, 2.24) is 10.3 Å². The van der Waals surface area contributed by atoms with Crippen molar-refractivity contribution in [3.05, 3.63) is 58.9 Å². The van der Waals surface area contributed by atoms with Crippen molar-refractivity contribution in [1.29, 1.82) is 0 Å². The minimum Gasteiger partial charge on any atom is -0.487 e. The lowest BCUT2D eigenvalue weighted by Crippen LogP contribution is -2.39. The molecule has 0 saturated carbocycles. The summed E-state index contributed by atoms with van der Waals surface area (Å²) in [4.78, 5) is 4.07. The maximum absolute atomic E-state index is 6.26. The number of hydrogen-bond acceptors (Lipinski definition) is 3. The van der Waals surface area contributed by atoms with Gasteiger partial charge in [-0.05, 0) is 56.5 Å². The first-order valence-electron chi connectivity index (χ1n) is 7.88. The molecule has 0 bridgehead atoms. The molecule has 0 radical (unpaired) electrons. The highest BCUT2D eigenvalue weighted by Crippen LogP contribution is 2.42. The molecular weight excluding hydrogens is 272 g/mol. The molecule has 3 nitrogen and oxygen atoms in total. The van der Waals surface area contributed by atoms with Gasteiger partial charge in [0.15, 0.2) is 0 Å². The Hall–Kier alpha value is -1.87. The molecule has 22 heavy (non-hydrogen) atoms. The van der Waals surface area contributed by atoms with Crippen LogP contribution in [0.1, 0.15) is 48.6 Å². The van der Waals surface area contributed by atoms with Crippen LogP contribution < -0.4 is 10.1 Å². The number of aromatic nitrogens is 1. The van der Waals surface area contributed by atoms with Gasteiger partial charge in [-0.2, -0.15) is 0 Å². The van der Waals surface area contributed by atoms with E-state index in [0.29, 0.717) is 6.04 Å². The molecule has 2 aromatic rings. The van der Waals surface area contributed by atoms with Gasteiger partial charge in [0, 0.05) is 37.0 Å². The van der Waals surface area contributed by atoms with E-state index < -0.39 is 0 Å². The predicted molar refractivity (Wildman–Crippen MR) is 89.1 cm³/mol. The largest absolute Gasteiger partial charge is 0.487 e. The first kappa shape index (κ1) is 15.0. The lowest BCUT2D eigenvalue weighted by atomic mass is 9.87. The lowest BCUT2D eigenvalue weighted by Gasteiger charge is -2.39. The van der Waals surface area contributed by atoms with E-state index in [4.69, 9.17) is 4.74 Å². The number of benzene rings is 1. The SMILES string of the molecule is Cc1ccc2c(c1C)OC(C)(C)CC2NCc1ccncc1. The fourth-order valence-corrected chi connectivity index (χ4v) is 3.06. The van der Waals surface area contributed by atoms with Gasteiger partial charge in [-0.15, -0.1) is 0 Å². The second-order valence-corrected chi connectivity index (χ2v) is 6.78. The maximum atomic E-state index is 6.26. The topological polar surface area (TPSA) is 34.1 Å². The quantitative estimate of drug-likeness (QED) is 0.926. The van der Waals surface area contributed by atoms with Crippen molar-refractivity contribution < 1.29 is 4.74 Å². The molecule has 0 aliphatic carbocycles. The number of ether oxygens (including phenoxy) is 1. The summed E-state index contributed by atoms with van der Waals surface area (Å²) in [7, 11) is 0. The zero-order chi connectivity index (χ0) is 15.7. The molecule has 3 heteroatoms. The van der Waals surface area contributed by atoms with E-state index in [1.165, 1.54) is 22.3 Å². The van der Waals surface area contributed by atoms with Crippen LogP contribution in [-0.2, 0) is 6.54 Å². The molecule has 3 rings (SSSR count). The molecule has 0 spiro atoms. The molecule has 0 amide bonds. The number of hydrogen-bond donors (Lipinski definition) is 1. The molecule has 1 aromatic heterocycles. The van der Waals surface area contributed by atoms with Crippen LogP contribution in [0.25, 0.3) is 0 Å². The molecule has 1 aliphatic heterocycles. The van der Waals surface area contributed by atoms with E-state index in [9.17, 15) is 0 Å². The van der Waals surface area contributed by atoms with E-state index >= 15 is 0 Å². The summed E-state index contributed by atoms with van der Waals surface area (Å²) >= 11 is 0. The van der Waals surface area contributed by atoms with E-state index in [-0.39, 0.29) is 5.60 Å². The number of nitrogens with one attached hydrogen (secondary N) is 1. The van der Waals surface area contributed by atoms with E-state index in [0.717, 1.165) is 18.7 Å². The minimum atomic E-state index is -0.151. The van der Waals surface area contributed by atoms with Gasteiger partial charge >= 0.3 is 0 Å². The molecule has 1 N–H and O–H groups in total. The highest BCUT2D eigenvalue weighted by atomic mass is 16.5. The third-order valence-electron chi connectivity index (χ3n) is 4.46. The van der Waals surface area contributed by atoms with Crippen molar-refractivity contribution in [2.24, 2.45) is 0 Å².